The molecule has 1 aliphatic heterocycles. The van der Waals surface area contributed by atoms with Crippen molar-refractivity contribution in [3.05, 3.63) is 59.4 Å². The molecular weight excluding hydrogens is 411 g/mol. The van der Waals surface area contributed by atoms with E-state index in [0.29, 0.717) is 23.9 Å². The lowest BCUT2D eigenvalue weighted by Gasteiger charge is -2.20. The van der Waals surface area contributed by atoms with E-state index in [9.17, 15) is 9.18 Å². The molecule has 0 unspecified atom stereocenters. The highest BCUT2D eigenvalue weighted by atomic mass is 19.1. The smallest absolute Gasteiger partial charge is 0.417 e. The number of ether oxygens (including phenoxy) is 1. The molecule has 1 aromatic carbocycles. The highest BCUT2D eigenvalue weighted by Gasteiger charge is 2.35. The van der Waals surface area contributed by atoms with E-state index in [1.807, 2.05) is 26.0 Å². The normalized spacial score (nSPS) is 16.7. The number of rotatable bonds is 6. The summed E-state index contributed by atoms with van der Waals surface area (Å²) in [5.41, 5.74) is 3.19. The molecule has 2 atom stereocenters. The molecule has 8 nitrogen and oxygen atoms in total. The number of pyridine rings is 1. The lowest BCUT2D eigenvalue weighted by Crippen LogP contribution is -2.34. The van der Waals surface area contributed by atoms with Gasteiger partial charge in [0, 0.05) is 11.8 Å². The van der Waals surface area contributed by atoms with Gasteiger partial charge in [-0.2, -0.15) is 15.0 Å². The number of amides is 1. The minimum Gasteiger partial charge on any atom is -0.447 e. The number of anilines is 2. The summed E-state index contributed by atoms with van der Waals surface area (Å²) >= 11 is 0. The molecule has 1 saturated heterocycles. The van der Waals surface area contributed by atoms with E-state index in [4.69, 9.17) is 4.74 Å². The van der Waals surface area contributed by atoms with Crippen molar-refractivity contribution in [3.8, 4) is 11.1 Å². The molecule has 0 saturated carbocycles. The van der Waals surface area contributed by atoms with Gasteiger partial charge in [0.25, 0.3) is 0 Å². The summed E-state index contributed by atoms with van der Waals surface area (Å²) in [6, 6.07) is 8.57. The maximum atomic E-state index is 13.5. The van der Waals surface area contributed by atoms with Crippen molar-refractivity contribution in [2.45, 2.75) is 46.2 Å². The van der Waals surface area contributed by atoms with E-state index >= 15 is 0 Å². The molecule has 0 spiro atoms. The van der Waals surface area contributed by atoms with Crippen LogP contribution in [0.25, 0.3) is 11.1 Å². The number of nitrogens with zero attached hydrogens (tertiary/aromatic N) is 5. The molecule has 32 heavy (non-hydrogen) atoms. The molecule has 0 bridgehead atoms. The highest BCUT2D eigenvalue weighted by molar-refractivity contribution is 5.88. The first-order valence-electron chi connectivity index (χ1n) is 10.5. The maximum Gasteiger partial charge on any atom is 0.417 e. The van der Waals surface area contributed by atoms with Gasteiger partial charge < -0.3 is 10.1 Å². The summed E-state index contributed by atoms with van der Waals surface area (Å²) in [4.78, 5) is 31.3. The van der Waals surface area contributed by atoms with Crippen LogP contribution in [0.2, 0.25) is 0 Å². The predicted octanol–water partition coefficient (Wildman–Crippen LogP) is 4.60. The average Bonchev–Trinajstić information content (AvgIpc) is 3.16. The second kappa shape index (κ2) is 8.86. The maximum absolute atomic E-state index is 13.5. The molecule has 9 heteroatoms. The van der Waals surface area contributed by atoms with Crippen molar-refractivity contribution in [1.29, 1.82) is 0 Å². The summed E-state index contributed by atoms with van der Waals surface area (Å²) in [7, 11) is 0. The van der Waals surface area contributed by atoms with Crippen LogP contribution in [0.5, 0.6) is 0 Å². The van der Waals surface area contributed by atoms with Crippen LogP contribution < -0.4 is 10.2 Å². The summed E-state index contributed by atoms with van der Waals surface area (Å²) < 4.78 is 18.7. The van der Waals surface area contributed by atoms with Crippen molar-refractivity contribution < 1.29 is 13.9 Å². The number of benzene rings is 1. The first-order valence-corrected chi connectivity index (χ1v) is 10.5. The number of carbonyl (C=O) groups excluding carboxylic acids is 1. The third-order valence-electron chi connectivity index (χ3n) is 5.45. The Hall–Kier alpha value is -3.62. The van der Waals surface area contributed by atoms with Crippen LogP contribution in [-0.4, -0.2) is 38.7 Å². The van der Waals surface area contributed by atoms with Gasteiger partial charge in [-0.1, -0.05) is 19.1 Å². The molecule has 2 aromatic heterocycles. The molecule has 0 radical (unpaired) electrons. The Bertz CT molecular complexity index is 1140. The van der Waals surface area contributed by atoms with Crippen LogP contribution in [0.4, 0.5) is 21.1 Å². The van der Waals surface area contributed by atoms with Crippen molar-refractivity contribution in [1.82, 2.24) is 19.9 Å². The molecule has 1 amide bonds. The minimum absolute atomic E-state index is 0.0983. The second-order valence-electron chi connectivity index (χ2n) is 7.82. The molecule has 1 fully saturated rings. The number of cyclic esters (lactones) is 1. The van der Waals surface area contributed by atoms with Crippen molar-refractivity contribution >= 4 is 18.0 Å². The van der Waals surface area contributed by atoms with Crippen LogP contribution in [-0.2, 0) is 4.74 Å². The van der Waals surface area contributed by atoms with Gasteiger partial charge in [0.05, 0.1) is 17.8 Å². The number of halogens is 1. The largest absolute Gasteiger partial charge is 0.447 e. The highest BCUT2D eigenvalue weighted by Crippen LogP contribution is 2.25. The van der Waals surface area contributed by atoms with E-state index in [1.165, 1.54) is 11.0 Å². The van der Waals surface area contributed by atoms with E-state index in [1.54, 1.807) is 32.2 Å². The Balaban J connectivity index is 1.52. The lowest BCUT2D eigenvalue weighted by atomic mass is 10.0. The Morgan fingerprint density at radius 2 is 1.97 bits per heavy atom. The predicted molar refractivity (Wildman–Crippen MR) is 119 cm³/mol. The van der Waals surface area contributed by atoms with Gasteiger partial charge in [0.2, 0.25) is 11.9 Å². The molecule has 166 valence electrons. The van der Waals surface area contributed by atoms with Gasteiger partial charge in [-0.15, -0.1) is 0 Å². The summed E-state index contributed by atoms with van der Waals surface area (Å²) in [6.07, 6.45) is 2.05. The zero-order chi connectivity index (χ0) is 22.8. The van der Waals surface area contributed by atoms with Crippen LogP contribution >= 0.6 is 0 Å². The molecule has 3 heterocycles. The number of aromatic nitrogens is 4. The molecule has 4 rings (SSSR count). The molecule has 0 aliphatic carbocycles. The second-order valence-corrected chi connectivity index (χ2v) is 7.82. The third kappa shape index (κ3) is 4.37. The van der Waals surface area contributed by atoms with Gasteiger partial charge in [0.15, 0.2) is 0 Å². The summed E-state index contributed by atoms with van der Waals surface area (Å²) in [5.74, 6) is 0.899. The van der Waals surface area contributed by atoms with E-state index < -0.39 is 6.09 Å². The van der Waals surface area contributed by atoms with Gasteiger partial charge in [0.1, 0.15) is 18.2 Å². The number of carbonyl (C=O) groups is 1. The molecular formula is C23H25FN6O2. The van der Waals surface area contributed by atoms with E-state index in [-0.39, 0.29) is 23.8 Å². The Labute approximate surface area is 185 Å². The minimum atomic E-state index is -0.449. The van der Waals surface area contributed by atoms with Crippen LogP contribution in [0.3, 0.4) is 0 Å². The third-order valence-corrected chi connectivity index (χ3v) is 5.45. The van der Waals surface area contributed by atoms with Crippen LogP contribution in [0.15, 0.2) is 36.5 Å². The fourth-order valence-electron chi connectivity index (χ4n) is 3.57. The fourth-order valence-corrected chi connectivity index (χ4v) is 3.57. The quantitative estimate of drug-likeness (QED) is 0.604. The Morgan fingerprint density at radius 3 is 2.66 bits per heavy atom. The zero-order valence-electron chi connectivity index (χ0n) is 18.5. The van der Waals surface area contributed by atoms with Crippen molar-refractivity contribution in [2.75, 3.05) is 16.8 Å². The van der Waals surface area contributed by atoms with Crippen LogP contribution in [0, 0.1) is 19.7 Å². The molecule has 1 N–H and O–H groups in total. The SMILES string of the molecule is CC[C@H]1COC(=O)N1c1nc(C)nc(N[C@@H](C)c2ccc(-c3ccc(F)c(C)c3)cn2)n1. The van der Waals surface area contributed by atoms with Gasteiger partial charge in [-0.25, -0.2) is 14.1 Å². The average molecular weight is 436 g/mol. The standard InChI is InChI=1S/C23H25FN6O2/c1-5-18-12-32-23(31)30(18)22-28-15(4)27-21(29-22)26-14(3)20-9-7-17(11-25-20)16-6-8-19(24)13(2)10-16/h6-11,14,18H,5,12H2,1-4H3,(H,26,27,28,29)/t14-,18-/m0/s1. The lowest BCUT2D eigenvalue weighted by molar-refractivity contribution is 0.178. The molecule has 1 aliphatic rings. The fraction of sp³-hybridized carbons (Fsp3) is 0.348. The van der Waals surface area contributed by atoms with Crippen molar-refractivity contribution in [2.24, 2.45) is 0 Å². The summed E-state index contributed by atoms with van der Waals surface area (Å²) in [6.45, 7) is 7.74. The van der Waals surface area contributed by atoms with Gasteiger partial charge in [-0.05, 0) is 56.5 Å². The first-order chi connectivity index (χ1) is 15.4. The number of hydrogen-bond acceptors (Lipinski definition) is 7. The summed E-state index contributed by atoms with van der Waals surface area (Å²) in [5, 5.41) is 3.23. The van der Waals surface area contributed by atoms with E-state index in [0.717, 1.165) is 23.2 Å². The zero-order valence-corrected chi connectivity index (χ0v) is 18.5. The van der Waals surface area contributed by atoms with Crippen LogP contribution in [0.1, 0.15) is 43.4 Å². The Morgan fingerprint density at radius 1 is 1.19 bits per heavy atom. The monoisotopic (exact) mass is 436 g/mol. The number of aryl methyl sites for hydroxylation is 2. The first kappa shape index (κ1) is 21.6. The van der Waals surface area contributed by atoms with Gasteiger partial charge in [-0.3, -0.25) is 4.98 Å². The molecule has 3 aromatic rings. The van der Waals surface area contributed by atoms with E-state index in [2.05, 4.69) is 25.3 Å². The Kier molecular flexibility index (Phi) is 5.98. The topological polar surface area (TPSA) is 93.1 Å². The number of hydrogen-bond donors (Lipinski definition) is 1. The number of nitrogens with one attached hydrogen (secondary N) is 1. The van der Waals surface area contributed by atoms with Gasteiger partial charge >= 0.3 is 6.09 Å². The van der Waals surface area contributed by atoms with Crippen molar-refractivity contribution in [3.63, 3.8) is 0 Å².